The topological polar surface area (TPSA) is 73.1 Å². The summed E-state index contributed by atoms with van der Waals surface area (Å²) in [5.74, 6) is 0. The maximum Gasteiger partial charge on any atom is 0.185 e. The number of aromatic nitrogens is 2. The van der Waals surface area contributed by atoms with E-state index in [0.717, 1.165) is 0 Å². The average molecular weight is 240 g/mol. The van der Waals surface area contributed by atoms with Gasteiger partial charge in [-0.25, -0.2) is 13.0 Å². The van der Waals surface area contributed by atoms with E-state index in [1.165, 1.54) is 6.07 Å². The summed E-state index contributed by atoms with van der Waals surface area (Å²) in [5.41, 5.74) is 0.739. The number of nitrogens with zero attached hydrogens (tertiary/aromatic N) is 2. The monoisotopic (exact) mass is 240 g/mol. The third-order valence-corrected chi connectivity index (χ3v) is 4.87. The van der Waals surface area contributed by atoms with E-state index >= 15 is 0 Å². The van der Waals surface area contributed by atoms with E-state index < -0.39 is 14.6 Å². The summed E-state index contributed by atoms with van der Waals surface area (Å²) in [4.78, 5) is 0.166. The van der Waals surface area contributed by atoms with Crippen molar-refractivity contribution < 1.29 is 13.0 Å². The molecule has 0 unspecified atom stereocenters. The van der Waals surface area contributed by atoms with Gasteiger partial charge in [-0.2, -0.15) is 0 Å². The first-order valence-corrected chi connectivity index (χ1v) is 6.28. The predicted octanol–water partition coefficient (Wildman–Crippen LogP) is 1.79. The van der Waals surface area contributed by atoms with E-state index in [1.54, 1.807) is 32.9 Å². The van der Waals surface area contributed by atoms with Gasteiger partial charge in [0.25, 0.3) is 0 Å². The van der Waals surface area contributed by atoms with Gasteiger partial charge in [-0.05, 0) is 43.2 Å². The van der Waals surface area contributed by atoms with Gasteiger partial charge in [0.15, 0.2) is 15.4 Å². The van der Waals surface area contributed by atoms with Crippen LogP contribution in [0.25, 0.3) is 11.0 Å². The molecule has 0 aliphatic carbocycles. The molecule has 0 aliphatic rings. The fourth-order valence-corrected chi connectivity index (χ4v) is 2.64. The number of benzene rings is 1. The number of hydrogen-bond acceptors (Lipinski definition) is 5. The summed E-state index contributed by atoms with van der Waals surface area (Å²) in [5, 5.41) is 7.26. The quantitative estimate of drug-likeness (QED) is 0.759. The van der Waals surface area contributed by atoms with Crippen molar-refractivity contribution in [1.29, 1.82) is 0 Å². The second kappa shape index (κ2) is 3.28. The Balaban J connectivity index is 2.79. The van der Waals surface area contributed by atoms with Crippen LogP contribution in [0.5, 0.6) is 0 Å². The Morgan fingerprint density at radius 2 is 1.88 bits per heavy atom. The lowest BCUT2D eigenvalue weighted by Crippen LogP contribution is -2.28. The molecule has 16 heavy (non-hydrogen) atoms. The zero-order valence-corrected chi connectivity index (χ0v) is 10.1. The van der Waals surface area contributed by atoms with Crippen LogP contribution < -0.4 is 0 Å². The van der Waals surface area contributed by atoms with Gasteiger partial charge < -0.3 is 0 Å². The van der Waals surface area contributed by atoms with Crippen molar-refractivity contribution in [1.82, 2.24) is 10.3 Å². The van der Waals surface area contributed by atoms with Crippen LogP contribution in [0.2, 0.25) is 0 Å². The van der Waals surface area contributed by atoms with Crippen LogP contribution in [0.4, 0.5) is 0 Å². The van der Waals surface area contributed by atoms with Crippen molar-refractivity contribution in [2.45, 2.75) is 30.4 Å². The van der Waals surface area contributed by atoms with E-state index in [1.807, 2.05) is 0 Å². The molecule has 0 N–H and O–H groups in total. The molecule has 6 heteroatoms. The lowest BCUT2D eigenvalue weighted by atomic mass is 10.3. The summed E-state index contributed by atoms with van der Waals surface area (Å²) >= 11 is 0. The van der Waals surface area contributed by atoms with Crippen LogP contribution in [0.3, 0.4) is 0 Å². The molecule has 0 aliphatic heterocycles. The molecule has 1 aromatic heterocycles. The minimum Gasteiger partial charge on any atom is -0.243 e. The van der Waals surface area contributed by atoms with E-state index in [4.69, 9.17) is 0 Å². The highest BCUT2D eigenvalue weighted by Crippen LogP contribution is 2.28. The van der Waals surface area contributed by atoms with Gasteiger partial charge in [0.05, 0.1) is 9.64 Å². The molecular weight excluding hydrogens is 228 g/mol. The Bertz CT molecular complexity index is 623. The maximum atomic E-state index is 12.3. The molecule has 5 nitrogen and oxygen atoms in total. The summed E-state index contributed by atoms with van der Waals surface area (Å²) in [6.07, 6.45) is 0. The molecule has 0 atom stereocenters. The molecule has 0 radical (unpaired) electrons. The molecule has 0 saturated heterocycles. The maximum absolute atomic E-state index is 12.3. The van der Waals surface area contributed by atoms with Crippen LogP contribution in [-0.4, -0.2) is 23.5 Å². The Kier molecular flexibility index (Phi) is 2.27. The normalized spacial score (nSPS) is 13.2. The summed E-state index contributed by atoms with van der Waals surface area (Å²) < 4.78 is 28.2. The highest BCUT2D eigenvalue weighted by Gasteiger charge is 2.33. The molecular formula is C10H12N2O3S. The van der Waals surface area contributed by atoms with Crippen molar-refractivity contribution >= 4 is 20.9 Å². The van der Waals surface area contributed by atoms with Crippen molar-refractivity contribution in [3.05, 3.63) is 18.2 Å². The first kappa shape index (κ1) is 11.1. The zero-order chi connectivity index (χ0) is 12.0. The van der Waals surface area contributed by atoms with Gasteiger partial charge in [0.2, 0.25) is 0 Å². The van der Waals surface area contributed by atoms with Gasteiger partial charge in [-0.1, -0.05) is 6.07 Å². The van der Waals surface area contributed by atoms with Crippen molar-refractivity contribution in [2.24, 2.45) is 0 Å². The largest absolute Gasteiger partial charge is 0.243 e. The van der Waals surface area contributed by atoms with Gasteiger partial charge in [0, 0.05) is 0 Å². The van der Waals surface area contributed by atoms with Crippen LogP contribution >= 0.6 is 0 Å². The number of hydrogen-bond donors (Lipinski definition) is 0. The molecule has 1 heterocycles. The average Bonchev–Trinajstić information content (AvgIpc) is 2.62. The molecule has 1 aromatic carbocycles. The molecule has 2 aromatic rings. The zero-order valence-electron chi connectivity index (χ0n) is 9.26. The first-order valence-electron chi connectivity index (χ1n) is 4.80. The molecule has 2 rings (SSSR count). The Morgan fingerprint density at radius 1 is 1.19 bits per heavy atom. The summed E-state index contributed by atoms with van der Waals surface area (Å²) in [6.45, 7) is 4.94. The third-order valence-electron chi connectivity index (χ3n) is 2.34. The Hall–Kier alpha value is -1.43. The van der Waals surface area contributed by atoms with Gasteiger partial charge in [-0.3, -0.25) is 0 Å². The highest BCUT2D eigenvalue weighted by molar-refractivity contribution is 7.93. The van der Waals surface area contributed by atoms with E-state index in [2.05, 4.69) is 14.9 Å². The van der Waals surface area contributed by atoms with Crippen molar-refractivity contribution in [2.75, 3.05) is 0 Å². The first-order chi connectivity index (χ1) is 7.34. The summed E-state index contributed by atoms with van der Waals surface area (Å²) in [6, 6.07) is 4.81. The van der Waals surface area contributed by atoms with E-state index in [0.29, 0.717) is 5.52 Å². The SMILES string of the molecule is CC(C)(C)S(=O)(=O)c1cccc2nonc12. The van der Waals surface area contributed by atoms with Gasteiger partial charge in [-0.15, -0.1) is 0 Å². The van der Waals surface area contributed by atoms with Crippen LogP contribution in [0.1, 0.15) is 20.8 Å². The van der Waals surface area contributed by atoms with Crippen molar-refractivity contribution in [3.63, 3.8) is 0 Å². The molecule has 0 spiro atoms. The molecule has 0 amide bonds. The number of rotatable bonds is 1. The number of fused-ring (bicyclic) bond motifs is 1. The van der Waals surface area contributed by atoms with E-state index in [-0.39, 0.29) is 10.4 Å². The van der Waals surface area contributed by atoms with Crippen molar-refractivity contribution in [3.8, 4) is 0 Å². The van der Waals surface area contributed by atoms with Crippen LogP contribution in [-0.2, 0) is 9.84 Å². The molecule has 86 valence electrons. The minimum atomic E-state index is -3.44. The molecule has 0 saturated carbocycles. The minimum absolute atomic E-state index is 0.166. The molecule has 0 bridgehead atoms. The van der Waals surface area contributed by atoms with Gasteiger partial charge in [0.1, 0.15) is 5.52 Å². The lowest BCUT2D eigenvalue weighted by Gasteiger charge is -2.18. The third kappa shape index (κ3) is 1.49. The lowest BCUT2D eigenvalue weighted by molar-refractivity contribution is 0.315. The standard InChI is InChI=1S/C10H12N2O3S/c1-10(2,3)16(13,14)8-6-4-5-7-9(8)12-15-11-7/h4-6H,1-3H3. The Labute approximate surface area is 93.3 Å². The smallest absolute Gasteiger partial charge is 0.185 e. The van der Waals surface area contributed by atoms with Crippen LogP contribution in [0, 0.1) is 0 Å². The second-order valence-electron chi connectivity index (χ2n) is 4.50. The highest BCUT2D eigenvalue weighted by atomic mass is 32.2. The van der Waals surface area contributed by atoms with Gasteiger partial charge >= 0.3 is 0 Å². The summed E-state index contributed by atoms with van der Waals surface area (Å²) in [7, 11) is -3.44. The van der Waals surface area contributed by atoms with E-state index in [9.17, 15) is 8.42 Å². The Morgan fingerprint density at radius 3 is 2.50 bits per heavy atom. The fraction of sp³-hybridized carbons (Fsp3) is 0.400. The number of sulfone groups is 1. The second-order valence-corrected chi connectivity index (χ2v) is 7.18. The molecule has 0 fully saturated rings. The van der Waals surface area contributed by atoms with Crippen LogP contribution in [0.15, 0.2) is 27.7 Å². The fourth-order valence-electron chi connectivity index (χ4n) is 1.33. The predicted molar refractivity (Wildman–Crippen MR) is 58.7 cm³/mol.